The summed E-state index contributed by atoms with van der Waals surface area (Å²) in [5.41, 5.74) is 0.930. The predicted molar refractivity (Wildman–Crippen MR) is 109 cm³/mol. The maximum Gasteiger partial charge on any atom is 0.261 e. The summed E-state index contributed by atoms with van der Waals surface area (Å²) in [7, 11) is -3.63. The van der Waals surface area contributed by atoms with Gasteiger partial charge in [-0.05, 0) is 68.2 Å². The molecule has 2 aromatic rings. The molecule has 6 nitrogen and oxygen atoms in total. The van der Waals surface area contributed by atoms with Crippen molar-refractivity contribution in [2.75, 3.05) is 24.4 Å². The number of amides is 1. The first kappa shape index (κ1) is 21.2. The Balaban J connectivity index is 0.00000261. The minimum Gasteiger partial charge on any atom is -0.352 e. The normalized spacial score (nSPS) is 16.4. The van der Waals surface area contributed by atoms with E-state index < -0.39 is 10.0 Å². The van der Waals surface area contributed by atoms with Crippen molar-refractivity contribution in [3.8, 4) is 0 Å². The molecule has 0 aromatic heterocycles. The van der Waals surface area contributed by atoms with Crippen molar-refractivity contribution in [2.45, 2.75) is 17.7 Å². The lowest BCUT2D eigenvalue weighted by molar-refractivity contribution is 0.0951. The summed E-state index contributed by atoms with van der Waals surface area (Å²) >= 11 is 0. The minimum absolute atomic E-state index is 0. The number of carbonyl (C=O) groups excluding carboxylic acids is 1. The largest absolute Gasteiger partial charge is 0.352 e. The average Bonchev–Trinajstić information content (AvgIpc) is 3.16. The first-order chi connectivity index (χ1) is 12.5. The molecule has 1 saturated heterocycles. The Morgan fingerprint density at radius 1 is 1.07 bits per heavy atom. The SMILES string of the molecule is Cl.O=C(NCCC1CCNC1)c1ccc(NS(=O)(=O)c2ccccc2)cc1. The number of sulfonamides is 1. The quantitative estimate of drug-likeness (QED) is 0.656. The van der Waals surface area contributed by atoms with Gasteiger partial charge in [0.25, 0.3) is 15.9 Å². The van der Waals surface area contributed by atoms with E-state index in [1.54, 1.807) is 42.5 Å². The van der Waals surface area contributed by atoms with Gasteiger partial charge in [-0.3, -0.25) is 9.52 Å². The number of rotatable bonds is 7. The molecule has 3 rings (SSSR count). The maximum atomic E-state index is 12.3. The zero-order chi connectivity index (χ0) is 18.4. The summed E-state index contributed by atoms with van der Waals surface area (Å²) in [5, 5.41) is 6.22. The maximum absolute atomic E-state index is 12.3. The Morgan fingerprint density at radius 3 is 2.41 bits per heavy atom. The summed E-state index contributed by atoms with van der Waals surface area (Å²) in [4.78, 5) is 12.4. The molecule has 1 atom stereocenters. The number of hydrogen-bond donors (Lipinski definition) is 3. The molecule has 146 valence electrons. The first-order valence-corrected chi connectivity index (χ1v) is 10.2. The van der Waals surface area contributed by atoms with E-state index in [2.05, 4.69) is 15.4 Å². The van der Waals surface area contributed by atoms with Crippen molar-refractivity contribution in [1.82, 2.24) is 10.6 Å². The van der Waals surface area contributed by atoms with Crippen molar-refractivity contribution >= 4 is 34.0 Å². The lowest BCUT2D eigenvalue weighted by Gasteiger charge is -2.10. The molecule has 0 saturated carbocycles. The van der Waals surface area contributed by atoms with E-state index in [0.29, 0.717) is 23.7 Å². The van der Waals surface area contributed by atoms with Crippen LogP contribution in [0.5, 0.6) is 0 Å². The zero-order valence-electron chi connectivity index (χ0n) is 14.9. The van der Waals surface area contributed by atoms with E-state index in [-0.39, 0.29) is 23.2 Å². The fourth-order valence-electron chi connectivity index (χ4n) is 2.96. The third-order valence-electron chi connectivity index (χ3n) is 4.45. The van der Waals surface area contributed by atoms with Gasteiger partial charge in [-0.2, -0.15) is 0 Å². The Kier molecular flexibility index (Phi) is 7.65. The molecule has 1 aliphatic heterocycles. The lowest BCUT2D eigenvalue weighted by atomic mass is 10.1. The molecule has 1 fully saturated rings. The molecule has 0 spiro atoms. The average molecular weight is 410 g/mol. The van der Waals surface area contributed by atoms with E-state index in [4.69, 9.17) is 0 Å². The highest BCUT2D eigenvalue weighted by atomic mass is 35.5. The second kappa shape index (κ2) is 9.73. The molecule has 1 aliphatic rings. The van der Waals surface area contributed by atoms with Crippen LogP contribution >= 0.6 is 12.4 Å². The second-order valence-electron chi connectivity index (χ2n) is 6.40. The van der Waals surface area contributed by atoms with E-state index in [1.807, 2.05) is 0 Å². The van der Waals surface area contributed by atoms with Crippen LogP contribution in [0.25, 0.3) is 0 Å². The molecule has 8 heteroatoms. The molecule has 0 radical (unpaired) electrons. The second-order valence-corrected chi connectivity index (χ2v) is 8.08. The summed E-state index contributed by atoms with van der Waals surface area (Å²) in [6.07, 6.45) is 2.12. The zero-order valence-corrected chi connectivity index (χ0v) is 16.5. The molecule has 0 aliphatic carbocycles. The molecule has 1 unspecified atom stereocenters. The minimum atomic E-state index is -3.63. The molecular formula is C19H24ClN3O3S. The highest BCUT2D eigenvalue weighted by molar-refractivity contribution is 7.92. The Morgan fingerprint density at radius 2 is 1.78 bits per heavy atom. The summed E-state index contributed by atoms with van der Waals surface area (Å²) in [6.45, 7) is 2.72. The number of halogens is 1. The van der Waals surface area contributed by atoms with Gasteiger partial charge in [0.1, 0.15) is 0 Å². The van der Waals surface area contributed by atoms with Crippen LogP contribution in [0, 0.1) is 5.92 Å². The van der Waals surface area contributed by atoms with Gasteiger partial charge in [0.2, 0.25) is 0 Å². The van der Waals surface area contributed by atoms with Gasteiger partial charge in [0.05, 0.1) is 4.90 Å². The van der Waals surface area contributed by atoms with E-state index in [0.717, 1.165) is 25.9 Å². The fourth-order valence-corrected chi connectivity index (χ4v) is 4.04. The predicted octanol–water partition coefficient (Wildman–Crippen LogP) is 2.64. The Labute approximate surface area is 166 Å². The van der Waals surface area contributed by atoms with Gasteiger partial charge in [-0.1, -0.05) is 18.2 Å². The van der Waals surface area contributed by atoms with E-state index in [9.17, 15) is 13.2 Å². The first-order valence-electron chi connectivity index (χ1n) is 8.71. The van der Waals surface area contributed by atoms with Crippen LogP contribution in [0.3, 0.4) is 0 Å². The molecule has 0 bridgehead atoms. The fraction of sp³-hybridized carbons (Fsp3) is 0.316. The number of benzene rings is 2. The Hall–Kier alpha value is -2.09. The summed E-state index contributed by atoms with van der Waals surface area (Å²) in [6, 6.07) is 14.6. The summed E-state index contributed by atoms with van der Waals surface area (Å²) < 4.78 is 27.1. The van der Waals surface area contributed by atoms with Crippen LogP contribution in [0.4, 0.5) is 5.69 Å². The third kappa shape index (κ3) is 5.95. The van der Waals surface area contributed by atoms with Gasteiger partial charge >= 0.3 is 0 Å². The molecule has 2 aromatic carbocycles. The van der Waals surface area contributed by atoms with Gasteiger partial charge in [-0.25, -0.2) is 8.42 Å². The highest BCUT2D eigenvalue weighted by Crippen LogP contribution is 2.16. The Bertz CT molecular complexity index is 836. The van der Waals surface area contributed by atoms with E-state index >= 15 is 0 Å². The van der Waals surface area contributed by atoms with Crippen molar-refractivity contribution in [3.05, 3.63) is 60.2 Å². The number of carbonyl (C=O) groups is 1. The van der Waals surface area contributed by atoms with Crippen LogP contribution in [-0.4, -0.2) is 34.0 Å². The molecular weight excluding hydrogens is 386 g/mol. The number of nitrogens with one attached hydrogen (secondary N) is 3. The molecule has 27 heavy (non-hydrogen) atoms. The van der Waals surface area contributed by atoms with Gasteiger partial charge in [0, 0.05) is 17.8 Å². The smallest absolute Gasteiger partial charge is 0.261 e. The lowest BCUT2D eigenvalue weighted by Crippen LogP contribution is -2.26. The topological polar surface area (TPSA) is 87.3 Å². The van der Waals surface area contributed by atoms with Crippen LogP contribution in [0.1, 0.15) is 23.2 Å². The van der Waals surface area contributed by atoms with Crippen LogP contribution in [-0.2, 0) is 10.0 Å². The standard InChI is InChI=1S/C19H23N3O3S.ClH/c23-19(21-13-11-15-10-12-20-14-15)16-6-8-17(9-7-16)22-26(24,25)18-4-2-1-3-5-18;/h1-9,15,20,22H,10-14H2,(H,21,23);1H. The number of anilines is 1. The number of hydrogen-bond acceptors (Lipinski definition) is 4. The molecule has 1 amide bonds. The van der Waals surface area contributed by atoms with Crippen molar-refractivity contribution in [1.29, 1.82) is 0 Å². The van der Waals surface area contributed by atoms with Gasteiger partial charge < -0.3 is 10.6 Å². The molecule has 3 N–H and O–H groups in total. The highest BCUT2D eigenvalue weighted by Gasteiger charge is 2.15. The van der Waals surface area contributed by atoms with Crippen LogP contribution < -0.4 is 15.4 Å². The van der Waals surface area contributed by atoms with E-state index in [1.165, 1.54) is 12.1 Å². The molecule has 1 heterocycles. The summed E-state index contributed by atoms with van der Waals surface area (Å²) in [5.74, 6) is 0.485. The van der Waals surface area contributed by atoms with Crippen LogP contribution in [0.2, 0.25) is 0 Å². The van der Waals surface area contributed by atoms with Gasteiger partial charge in [-0.15, -0.1) is 12.4 Å². The van der Waals surface area contributed by atoms with Gasteiger partial charge in [0.15, 0.2) is 0 Å². The van der Waals surface area contributed by atoms with Crippen molar-refractivity contribution in [2.24, 2.45) is 5.92 Å². The van der Waals surface area contributed by atoms with Crippen molar-refractivity contribution < 1.29 is 13.2 Å². The monoisotopic (exact) mass is 409 g/mol. The van der Waals surface area contributed by atoms with Crippen LogP contribution in [0.15, 0.2) is 59.5 Å². The third-order valence-corrected chi connectivity index (χ3v) is 5.85. The van der Waals surface area contributed by atoms with Crippen molar-refractivity contribution in [3.63, 3.8) is 0 Å².